The molecule has 6 heteroatoms. The summed E-state index contributed by atoms with van der Waals surface area (Å²) in [5, 5.41) is 13.2. The van der Waals surface area contributed by atoms with E-state index in [2.05, 4.69) is 10.1 Å². The minimum absolute atomic E-state index is 0.0625. The van der Waals surface area contributed by atoms with E-state index in [0.29, 0.717) is 5.82 Å². The average molecular weight is 251 g/mol. The van der Waals surface area contributed by atoms with Crippen molar-refractivity contribution in [2.45, 2.75) is 11.0 Å². The van der Waals surface area contributed by atoms with E-state index in [1.54, 1.807) is 11.8 Å². The van der Waals surface area contributed by atoms with Crippen LogP contribution < -0.4 is 5.73 Å². The third kappa shape index (κ3) is 2.66. The first kappa shape index (κ1) is 12.1. The van der Waals surface area contributed by atoms with Crippen LogP contribution in [0.2, 0.25) is 0 Å². The van der Waals surface area contributed by atoms with E-state index in [1.807, 2.05) is 30.5 Å². The van der Waals surface area contributed by atoms with Crippen molar-refractivity contribution in [1.82, 2.24) is 10.1 Å². The lowest BCUT2D eigenvalue weighted by Gasteiger charge is -1.98. The highest BCUT2D eigenvalue weighted by atomic mass is 32.2. The van der Waals surface area contributed by atoms with Gasteiger partial charge in [0.2, 0.25) is 5.82 Å². The first-order chi connectivity index (χ1) is 8.24. The Hall–Kier alpha value is -1.37. The van der Waals surface area contributed by atoms with Crippen molar-refractivity contribution in [1.29, 1.82) is 0 Å². The predicted molar refractivity (Wildman–Crippen MR) is 65.5 cm³/mol. The van der Waals surface area contributed by atoms with E-state index in [9.17, 15) is 5.11 Å². The highest BCUT2D eigenvalue weighted by molar-refractivity contribution is 7.98. The number of hydrogen-bond acceptors (Lipinski definition) is 6. The molecule has 17 heavy (non-hydrogen) atoms. The first-order valence-corrected chi connectivity index (χ1v) is 6.33. The molecule has 0 saturated carbocycles. The van der Waals surface area contributed by atoms with Gasteiger partial charge in [-0.2, -0.15) is 4.98 Å². The zero-order chi connectivity index (χ0) is 12.3. The van der Waals surface area contributed by atoms with Crippen molar-refractivity contribution in [3.05, 3.63) is 30.2 Å². The third-order valence-electron chi connectivity index (χ3n) is 2.30. The van der Waals surface area contributed by atoms with Gasteiger partial charge in [0, 0.05) is 17.0 Å². The van der Waals surface area contributed by atoms with Crippen LogP contribution in [0.5, 0.6) is 0 Å². The summed E-state index contributed by atoms with van der Waals surface area (Å²) in [5.41, 5.74) is 6.16. The second-order valence-electron chi connectivity index (χ2n) is 3.44. The monoisotopic (exact) mass is 251 g/mol. The number of aliphatic hydroxyl groups excluding tert-OH is 1. The fourth-order valence-corrected chi connectivity index (χ4v) is 1.74. The van der Waals surface area contributed by atoms with Crippen LogP contribution in [0.4, 0.5) is 0 Å². The Morgan fingerprint density at radius 3 is 2.71 bits per heavy atom. The molecule has 1 aromatic carbocycles. The topological polar surface area (TPSA) is 85.2 Å². The van der Waals surface area contributed by atoms with Gasteiger partial charge < -0.3 is 15.4 Å². The molecule has 5 nitrogen and oxygen atoms in total. The average Bonchev–Trinajstić information content (AvgIpc) is 2.87. The number of aromatic nitrogens is 2. The summed E-state index contributed by atoms with van der Waals surface area (Å²) in [5.74, 6) is 0.608. The summed E-state index contributed by atoms with van der Waals surface area (Å²) in [6.07, 6.45) is 1.11. The molecule has 0 radical (unpaired) electrons. The van der Waals surface area contributed by atoms with Crippen LogP contribution >= 0.6 is 11.8 Å². The molecule has 90 valence electrons. The number of thioether (sulfide) groups is 1. The Labute approximate surface area is 103 Å². The Morgan fingerprint density at radius 1 is 1.41 bits per heavy atom. The van der Waals surface area contributed by atoms with E-state index < -0.39 is 6.10 Å². The summed E-state index contributed by atoms with van der Waals surface area (Å²) in [4.78, 5) is 5.26. The number of nitrogens with zero attached hydrogens (tertiary/aromatic N) is 2. The molecule has 0 aliphatic rings. The van der Waals surface area contributed by atoms with Gasteiger partial charge >= 0.3 is 0 Å². The quantitative estimate of drug-likeness (QED) is 0.800. The van der Waals surface area contributed by atoms with Crippen LogP contribution in [0.1, 0.15) is 12.0 Å². The summed E-state index contributed by atoms with van der Waals surface area (Å²) >= 11 is 1.67. The number of aliphatic hydroxyl groups is 1. The summed E-state index contributed by atoms with van der Waals surface area (Å²) in [6, 6.07) is 7.79. The molecular formula is C11H13N3O2S. The highest BCUT2D eigenvalue weighted by Gasteiger charge is 2.15. The Bertz CT molecular complexity index is 484. The molecular weight excluding hydrogens is 238 g/mol. The van der Waals surface area contributed by atoms with Gasteiger partial charge in [0.25, 0.3) is 5.89 Å². The van der Waals surface area contributed by atoms with Crippen LogP contribution in [0, 0.1) is 0 Å². The maximum Gasteiger partial charge on any atom is 0.257 e. The van der Waals surface area contributed by atoms with Crippen molar-refractivity contribution in [3.8, 4) is 11.4 Å². The van der Waals surface area contributed by atoms with Crippen LogP contribution in [0.15, 0.2) is 33.7 Å². The summed E-state index contributed by atoms with van der Waals surface area (Å²) < 4.78 is 4.93. The molecule has 1 unspecified atom stereocenters. The van der Waals surface area contributed by atoms with Gasteiger partial charge in [-0.3, -0.25) is 0 Å². The van der Waals surface area contributed by atoms with Crippen LogP contribution in [0.25, 0.3) is 11.4 Å². The molecule has 2 rings (SSSR count). The van der Waals surface area contributed by atoms with Gasteiger partial charge in [0.1, 0.15) is 6.10 Å². The molecule has 1 aromatic heterocycles. The van der Waals surface area contributed by atoms with Crippen molar-refractivity contribution in [2.24, 2.45) is 5.73 Å². The van der Waals surface area contributed by atoms with E-state index in [1.165, 1.54) is 4.90 Å². The third-order valence-corrected chi connectivity index (χ3v) is 3.04. The smallest absolute Gasteiger partial charge is 0.257 e. The second-order valence-corrected chi connectivity index (χ2v) is 4.32. The van der Waals surface area contributed by atoms with E-state index in [4.69, 9.17) is 10.3 Å². The number of benzene rings is 1. The summed E-state index contributed by atoms with van der Waals surface area (Å²) in [7, 11) is 0. The van der Waals surface area contributed by atoms with Gasteiger partial charge in [-0.1, -0.05) is 5.16 Å². The first-order valence-electron chi connectivity index (χ1n) is 5.10. The van der Waals surface area contributed by atoms with Crippen LogP contribution in [0.3, 0.4) is 0 Å². The number of rotatable bonds is 4. The molecule has 0 bridgehead atoms. The van der Waals surface area contributed by atoms with Gasteiger partial charge in [0.15, 0.2) is 0 Å². The molecule has 0 amide bonds. The molecule has 0 aliphatic heterocycles. The van der Waals surface area contributed by atoms with Crippen molar-refractivity contribution < 1.29 is 9.63 Å². The summed E-state index contributed by atoms with van der Waals surface area (Å²) in [6.45, 7) is 0.0625. The van der Waals surface area contributed by atoms with E-state index in [0.717, 1.165) is 5.56 Å². The SMILES string of the molecule is CSc1ccc(-c2noc(C(O)CN)n2)cc1. The Balaban J connectivity index is 2.24. The van der Waals surface area contributed by atoms with Gasteiger partial charge in [0.05, 0.1) is 0 Å². The zero-order valence-electron chi connectivity index (χ0n) is 9.33. The van der Waals surface area contributed by atoms with E-state index >= 15 is 0 Å². The largest absolute Gasteiger partial charge is 0.382 e. The lowest BCUT2D eigenvalue weighted by Crippen LogP contribution is -2.11. The Kier molecular flexibility index (Phi) is 3.78. The molecule has 3 N–H and O–H groups in total. The van der Waals surface area contributed by atoms with Crippen molar-refractivity contribution in [2.75, 3.05) is 12.8 Å². The zero-order valence-corrected chi connectivity index (χ0v) is 10.1. The van der Waals surface area contributed by atoms with Crippen LogP contribution in [-0.2, 0) is 0 Å². The van der Waals surface area contributed by atoms with Crippen molar-refractivity contribution >= 4 is 11.8 Å². The lowest BCUT2D eigenvalue weighted by molar-refractivity contribution is 0.141. The molecule has 0 saturated heterocycles. The molecule has 2 aromatic rings. The van der Waals surface area contributed by atoms with Gasteiger partial charge in [-0.15, -0.1) is 11.8 Å². The minimum atomic E-state index is -0.901. The van der Waals surface area contributed by atoms with Crippen molar-refractivity contribution in [3.63, 3.8) is 0 Å². The normalized spacial score (nSPS) is 12.6. The van der Waals surface area contributed by atoms with Crippen LogP contribution in [-0.4, -0.2) is 28.0 Å². The minimum Gasteiger partial charge on any atom is -0.382 e. The second kappa shape index (κ2) is 5.31. The van der Waals surface area contributed by atoms with Gasteiger partial charge in [-0.05, 0) is 30.5 Å². The number of hydrogen-bond donors (Lipinski definition) is 2. The van der Waals surface area contributed by atoms with E-state index in [-0.39, 0.29) is 12.4 Å². The predicted octanol–water partition coefficient (Wildman–Crippen LogP) is 1.45. The fraction of sp³-hybridized carbons (Fsp3) is 0.273. The molecule has 1 atom stereocenters. The highest BCUT2D eigenvalue weighted by Crippen LogP contribution is 2.21. The standard InChI is InChI=1S/C11H13N3O2S/c1-17-8-4-2-7(3-5-8)10-13-11(16-14-10)9(15)6-12/h2-5,9,15H,6,12H2,1H3. The Morgan fingerprint density at radius 2 is 2.12 bits per heavy atom. The fourth-order valence-electron chi connectivity index (χ4n) is 1.33. The molecule has 0 aliphatic carbocycles. The molecule has 0 spiro atoms. The number of nitrogens with two attached hydrogens (primary N) is 1. The molecule has 0 fully saturated rings. The molecule has 1 heterocycles. The maximum absolute atomic E-state index is 9.45. The lowest BCUT2D eigenvalue weighted by atomic mass is 10.2. The van der Waals surface area contributed by atoms with Gasteiger partial charge in [-0.25, -0.2) is 0 Å². The maximum atomic E-state index is 9.45.